The van der Waals surface area contributed by atoms with E-state index in [4.69, 9.17) is 0 Å². The molecule has 0 aromatic rings. The minimum atomic E-state index is 0.187. The van der Waals surface area contributed by atoms with Crippen molar-refractivity contribution in [1.82, 2.24) is 15.5 Å². The largest absolute Gasteiger partial charge is 0.354 e. The molecule has 1 aliphatic heterocycles. The van der Waals surface area contributed by atoms with Gasteiger partial charge in [-0.3, -0.25) is 9.69 Å². The number of nitrogens with zero attached hydrogens (tertiary/aromatic N) is 1. The van der Waals surface area contributed by atoms with Gasteiger partial charge in [0.2, 0.25) is 5.91 Å². The Morgan fingerprint density at radius 2 is 1.95 bits per heavy atom. The summed E-state index contributed by atoms with van der Waals surface area (Å²) in [6.45, 7) is 3.99. The molecule has 1 amide bonds. The summed E-state index contributed by atoms with van der Waals surface area (Å²) in [5, 5.41) is 6.20. The highest BCUT2D eigenvalue weighted by atomic mass is 32.2. The third-order valence-corrected chi connectivity index (χ3v) is 5.38. The van der Waals surface area contributed by atoms with Crippen LogP contribution in [-0.4, -0.2) is 61.1 Å². The van der Waals surface area contributed by atoms with E-state index >= 15 is 0 Å². The molecule has 0 aromatic carbocycles. The molecule has 1 heterocycles. The number of hydrogen-bond donors (Lipinski definition) is 2. The van der Waals surface area contributed by atoms with Gasteiger partial charge in [0.25, 0.3) is 0 Å². The molecule has 0 bridgehead atoms. The molecule has 0 spiro atoms. The van der Waals surface area contributed by atoms with E-state index in [1.165, 1.54) is 50.3 Å². The summed E-state index contributed by atoms with van der Waals surface area (Å²) in [7, 11) is 1.89. The number of carbonyl (C=O) groups is 1. The average molecular weight is 285 g/mol. The van der Waals surface area contributed by atoms with Crippen LogP contribution in [-0.2, 0) is 4.79 Å². The van der Waals surface area contributed by atoms with Gasteiger partial charge in [-0.05, 0) is 19.9 Å². The van der Waals surface area contributed by atoms with Gasteiger partial charge in [0.05, 0.1) is 0 Å². The Hall–Kier alpha value is -0.260. The van der Waals surface area contributed by atoms with Crippen molar-refractivity contribution in [2.45, 2.75) is 37.6 Å². The Kier molecular flexibility index (Phi) is 5.98. The Bertz CT molecular complexity index is 286. The monoisotopic (exact) mass is 285 g/mol. The van der Waals surface area contributed by atoms with E-state index in [1.54, 1.807) is 0 Å². The van der Waals surface area contributed by atoms with Crippen molar-refractivity contribution in [3.63, 3.8) is 0 Å². The van der Waals surface area contributed by atoms with Gasteiger partial charge >= 0.3 is 0 Å². The molecule has 1 saturated heterocycles. The van der Waals surface area contributed by atoms with Crippen LogP contribution < -0.4 is 10.6 Å². The molecule has 0 radical (unpaired) electrons. The summed E-state index contributed by atoms with van der Waals surface area (Å²) < 4.78 is 0. The first-order chi connectivity index (χ1) is 9.27. The maximum atomic E-state index is 11.8. The number of thioether (sulfide) groups is 1. The van der Waals surface area contributed by atoms with E-state index in [1.807, 2.05) is 7.05 Å². The molecule has 1 saturated carbocycles. The van der Waals surface area contributed by atoms with Crippen LogP contribution in [0.15, 0.2) is 0 Å². The minimum absolute atomic E-state index is 0.187. The zero-order chi connectivity index (χ0) is 13.6. The Morgan fingerprint density at radius 3 is 2.58 bits per heavy atom. The number of amides is 1. The lowest BCUT2D eigenvalue weighted by molar-refractivity contribution is -0.121. The third-order valence-electron chi connectivity index (χ3n) is 4.43. The van der Waals surface area contributed by atoms with Crippen molar-refractivity contribution in [3.05, 3.63) is 0 Å². The molecule has 0 unspecified atom stereocenters. The molecule has 19 heavy (non-hydrogen) atoms. The Balaban J connectivity index is 1.86. The van der Waals surface area contributed by atoms with Crippen LogP contribution in [0.2, 0.25) is 0 Å². The quantitative estimate of drug-likeness (QED) is 0.766. The van der Waals surface area contributed by atoms with Crippen molar-refractivity contribution in [3.8, 4) is 0 Å². The standard InChI is InChI=1S/C14H27N3OS/c1-15-7-4-13(18)16-12-14(5-2-3-6-14)17-8-10-19-11-9-17/h15H,2-12H2,1H3,(H,16,18). The highest BCUT2D eigenvalue weighted by Crippen LogP contribution is 2.36. The summed E-state index contributed by atoms with van der Waals surface area (Å²) in [5.74, 6) is 2.68. The molecule has 5 heteroatoms. The smallest absolute Gasteiger partial charge is 0.221 e. The molecule has 0 aromatic heterocycles. The molecular weight excluding hydrogens is 258 g/mol. The van der Waals surface area contributed by atoms with Crippen molar-refractivity contribution >= 4 is 17.7 Å². The van der Waals surface area contributed by atoms with Crippen LogP contribution in [0, 0.1) is 0 Å². The molecule has 2 fully saturated rings. The second-order valence-corrected chi connectivity index (χ2v) is 6.89. The number of hydrogen-bond acceptors (Lipinski definition) is 4. The van der Waals surface area contributed by atoms with Gasteiger partial charge in [0, 0.05) is 49.6 Å². The average Bonchev–Trinajstić information content (AvgIpc) is 2.94. The van der Waals surface area contributed by atoms with Gasteiger partial charge in [-0.2, -0.15) is 11.8 Å². The first-order valence-corrected chi connectivity index (χ1v) is 8.66. The molecule has 2 N–H and O–H groups in total. The SMILES string of the molecule is CNCCC(=O)NCC1(N2CCSCC2)CCCC1. The second-order valence-electron chi connectivity index (χ2n) is 5.66. The van der Waals surface area contributed by atoms with Crippen LogP contribution in [0.3, 0.4) is 0 Å². The number of rotatable bonds is 6. The van der Waals surface area contributed by atoms with Crippen molar-refractivity contribution in [2.24, 2.45) is 0 Å². The minimum Gasteiger partial charge on any atom is -0.354 e. The third kappa shape index (κ3) is 4.10. The maximum Gasteiger partial charge on any atom is 0.221 e. The van der Waals surface area contributed by atoms with Gasteiger partial charge in [-0.1, -0.05) is 12.8 Å². The summed E-state index contributed by atoms with van der Waals surface area (Å²) in [6.07, 6.45) is 5.72. The summed E-state index contributed by atoms with van der Waals surface area (Å²) in [6, 6.07) is 0. The molecule has 2 rings (SSSR count). The molecule has 110 valence electrons. The lowest BCUT2D eigenvalue weighted by atomic mass is 9.94. The van der Waals surface area contributed by atoms with Crippen LogP contribution in [0.4, 0.5) is 0 Å². The molecular formula is C14H27N3OS. The highest BCUT2D eigenvalue weighted by molar-refractivity contribution is 7.99. The normalized spacial score (nSPS) is 23.4. The van der Waals surface area contributed by atoms with Gasteiger partial charge in [0.1, 0.15) is 0 Å². The fourth-order valence-corrected chi connectivity index (χ4v) is 4.17. The van der Waals surface area contributed by atoms with E-state index in [0.29, 0.717) is 6.42 Å². The zero-order valence-electron chi connectivity index (χ0n) is 12.0. The number of carbonyl (C=O) groups excluding carboxylic acids is 1. The predicted octanol–water partition coefficient (Wildman–Crippen LogP) is 1.07. The molecule has 1 aliphatic carbocycles. The lowest BCUT2D eigenvalue weighted by Crippen LogP contribution is -2.56. The molecule has 4 nitrogen and oxygen atoms in total. The predicted molar refractivity (Wildman–Crippen MR) is 81.7 cm³/mol. The van der Waals surface area contributed by atoms with E-state index in [0.717, 1.165) is 13.1 Å². The fraction of sp³-hybridized carbons (Fsp3) is 0.929. The lowest BCUT2D eigenvalue weighted by Gasteiger charge is -2.43. The Morgan fingerprint density at radius 1 is 1.26 bits per heavy atom. The van der Waals surface area contributed by atoms with Gasteiger partial charge < -0.3 is 10.6 Å². The van der Waals surface area contributed by atoms with Crippen LogP contribution in [0.1, 0.15) is 32.1 Å². The van der Waals surface area contributed by atoms with E-state index < -0.39 is 0 Å². The highest BCUT2D eigenvalue weighted by Gasteiger charge is 2.39. The Labute approximate surface area is 121 Å². The summed E-state index contributed by atoms with van der Waals surface area (Å²) in [4.78, 5) is 14.5. The van der Waals surface area contributed by atoms with Crippen LogP contribution in [0.5, 0.6) is 0 Å². The van der Waals surface area contributed by atoms with Crippen molar-refractivity contribution in [1.29, 1.82) is 0 Å². The second kappa shape index (κ2) is 7.50. The van der Waals surface area contributed by atoms with E-state index in [2.05, 4.69) is 27.3 Å². The fourth-order valence-electron chi connectivity index (χ4n) is 3.27. The van der Waals surface area contributed by atoms with Gasteiger partial charge in [-0.15, -0.1) is 0 Å². The summed E-state index contributed by atoms with van der Waals surface area (Å²) in [5.41, 5.74) is 0.260. The van der Waals surface area contributed by atoms with Crippen molar-refractivity contribution < 1.29 is 4.79 Å². The first-order valence-electron chi connectivity index (χ1n) is 7.51. The zero-order valence-corrected chi connectivity index (χ0v) is 12.9. The van der Waals surface area contributed by atoms with E-state index in [9.17, 15) is 4.79 Å². The van der Waals surface area contributed by atoms with Crippen molar-refractivity contribution in [2.75, 3.05) is 44.7 Å². The molecule has 0 atom stereocenters. The van der Waals surface area contributed by atoms with Gasteiger partial charge in [-0.25, -0.2) is 0 Å². The summed E-state index contributed by atoms with van der Waals surface area (Å²) >= 11 is 2.05. The van der Waals surface area contributed by atoms with E-state index in [-0.39, 0.29) is 11.4 Å². The maximum absolute atomic E-state index is 11.8. The topological polar surface area (TPSA) is 44.4 Å². The van der Waals surface area contributed by atoms with Gasteiger partial charge in [0.15, 0.2) is 0 Å². The van der Waals surface area contributed by atoms with Crippen LogP contribution >= 0.6 is 11.8 Å². The molecule has 2 aliphatic rings. The van der Waals surface area contributed by atoms with Crippen LogP contribution in [0.25, 0.3) is 0 Å². The number of nitrogens with one attached hydrogen (secondary N) is 2. The first kappa shape index (κ1) is 15.1.